The molecule has 27 heavy (non-hydrogen) atoms. The Morgan fingerprint density at radius 3 is 2.93 bits per heavy atom. The van der Waals surface area contributed by atoms with E-state index in [2.05, 4.69) is 10.3 Å². The number of Topliss-reactive ketones (excluding diaryl/α,β-unsaturated/α-hetero) is 1. The lowest BCUT2D eigenvalue weighted by Crippen LogP contribution is -2.26. The Labute approximate surface area is 163 Å². The number of nitrogens with zero attached hydrogens (tertiary/aromatic N) is 2. The van der Waals surface area contributed by atoms with Crippen molar-refractivity contribution in [2.24, 2.45) is 5.92 Å². The molecular weight excluding hydrogens is 362 g/mol. The predicted molar refractivity (Wildman–Crippen MR) is 106 cm³/mol. The average Bonchev–Trinajstić information content (AvgIpc) is 3.28. The molecule has 146 valence electrons. The first-order valence-electron chi connectivity index (χ1n) is 9.36. The van der Waals surface area contributed by atoms with Gasteiger partial charge in [0, 0.05) is 31.0 Å². The van der Waals surface area contributed by atoms with Gasteiger partial charge in [0.15, 0.2) is 5.13 Å². The SMILES string of the molecule is CC(C)OC(C)(C)c1csc(NC(=O)c2cccn2CC2CCC(=O)C2)n1. The van der Waals surface area contributed by atoms with Gasteiger partial charge in [0.1, 0.15) is 17.1 Å². The molecule has 1 saturated carbocycles. The van der Waals surface area contributed by atoms with Crippen molar-refractivity contribution in [2.75, 3.05) is 5.32 Å². The topological polar surface area (TPSA) is 73.2 Å². The van der Waals surface area contributed by atoms with Gasteiger partial charge in [0.2, 0.25) is 0 Å². The second-order valence-electron chi connectivity index (χ2n) is 7.86. The average molecular weight is 390 g/mol. The quantitative estimate of drug-likeness (QED) is 0.769. The molecule has 1 N–H and O–H groups in total. The van der Waals surface area contributed by atoms with E-state index in [-0.39, 0.29) is 12.0 Å². The van der Waals surface area contributed by atoms with Gasteiger partial charge >= 0.3 is 0 Å². The Morgan fingerprint density at radius 2 is 2.26 bits per heavy atom. The van der Waals surface area contributed by atoms with E-state index in [0.29, 0.717) is 41.9 Å². The largest absolute Gasteiger partial charge is 0.367 e. The molecule has 0 spiro atoms. The van der Waals surface area contributed by atoms with Crippen molar-refractivity contribution in [1.29, 1.82) is 0 Å². The van der Waals surface area contributed by atoms with Gasteiger partial charge in [-0.05, 0) is 52.2 Å². The smallest absolute Gasteiger partial charge is 0.274 e. The fraction of sp³-hybridized carbons (Fsp3) is 0.550. The molecule has 6 nitrogen and oxygen atoms in total. The van der Waals surface area contributed by atoms with E-state index < -0.39 is 5.60 Å². The van der Waals surface area contributed by atoms with Crippen molar-refractivity contribution in [2.45, 2.75) is 65.2 Å². The van der Waals surface area contributed by atoms with Gasteiger partial charge in [-0.25, -0.2) is 4.98 Å². The highest BCUT2D eigenvalue weighted by Gasteiger charge is 2.27. The second-order valence-corrected chi connectivity index (χ2v) is 8.72. The first-order chi connectivity index (χ1) is 12.7. The number of nitrogens with one attached hydrogen (secondary N) is 1. The van der Waals surface area contributed by atoms with Gasteiger partial charge in [0.25, 0.3) is 5.91 Å². The standard InChI is InChI=1S/C20H27N3O3S/c1-13(2)26-20(3,4)17-12-27-19(21-17)22-18(25)16-6-5-9-23(16)11-14-7-8-15(24)10-14/h5-6,9,12-14H,7-8,10-11H2,1-4H3,(H,21,22,25). The number of ether oxygens (including phenoxy) is 1. The summed E-state index contributed by atoms with van der Waals surface area (Å²) in [4.78, 5) is 28.7. The first kappa shape index (κ1) is 19.8. The molecule has 0 aromatic carbocycles. The second kappa shape index (κ2) is 7.94. The maximum absolute atomic E-state index is 12.7. The van der Waals surface area contributed by atoms with E-state index >= 15 is 0 Å². The van der Waals surface area contributed by atoms with E-state index in [0.717, 1.165) is 12.1 Å². The van der Waals surface area contributed by atoms with Crippen LogP contribution in [0.2, 0.25) is 0 Å². The third kappa shape index (κ3) is 4.84. The Kier molecular flexibility index (Phi) is 5.81. The fourth-order valence-corrected chi connectivity index (χ4v) is 4.39. The molecule has 1 atom stereocenters. The van der Waals surface area contributed by atoms with Crippen LogP contribution in [0.1, 0.15) is 63.1 Å². The lowest BCUT2D eigenvalue weighted by Gasteiger charge is -2.25. The summed E-state index contributed by atoms with van der Waals surface area (Å²) in [5, 5.41) is 5.36. The molecule has 3 rings (SSSR count). The van der Waals surface area contributed by atoms with Gasteiger partial charge in [-0.15, -0.1) is 11.3 Å². The molecule has 0 bridgehead atoms. The Hall–Kier alpha value is -1.99. The lowest BCUT2D eigenvalue weighted by molar-refractivity contribution is -0.117. The van der Waals surface area contributed by atoms with Crippen LogP contribution >= 0.6 is 11.3 Å². The molecule has 0 radical (unpaired) electrons. The van der Waals surface area contributed by atoms with Crippen molar-refractivity contribution in [3.63, 3.8) is 0 Å². The molecule has 0 aliphatic heterocycles. The number of rotatable bonds is 7. The monoisotopic (exact) mass is 389 g/mol. The molecule has 0 saturated heterocycles. The number of hydrogen-bond acceptors (Lipinski definition) is 5. The highest BCUT2D eigenvalue weighted by molar-refractivity contribution is 7.14. The van der Waals surface area contributed by atoms with Crippen molar-refractivity contribution in [3.05, 3.63) is 35.1 Å². The van der Waals surface area contributed by atoms with E-state index in [1.165, 1.54) is 11.3 Å². The number of thiazole rings is 1. The molecule has 7 heteroatoms. The molecule has 2 aromatic rings. The minimum absolute atomic E-state index is 0.0884. The molecule has 1 amide bonds. The van der Waals surface area contributed by atoms with Gasteiger partial charge < -0.3 is 9.30 Å². The zero-order chi connectivity index (χ0) is 19.6. The Balaban J connectivity index is 1.66. The van der Waals surface area contributed by atoms with E-state index in [9.17, 15) is 9.59 Å². The lowest BCUT2D eigenvalue weighted by atomic mass is 10.1. The van der Waals surface area contributed by atoms with E-state index in [1.807, 2.05) is 49.9 Å². The van der Waals surface area contributed by atoms with Gasteiger partial charge in [-0.3, -0.25) is 14.9 Å². The summed E-state index contributed by atoms with van der Waals surface area (Å²) in [6.07, 6.45) is 4.15. The molecule has 1 unspecified atom stereocenters. The minimum Gasteiger partial charge on any atom is -0.367 e. The zero-order valence-electron chi connectivity index (χ0n) is 16.3. The zero-order valence-corrected chi connectivity index (χ0v) is 17.1. The van der Waals surface area contributed by atoms with Crippen LogP contribution in [-0.4, -0.2) is 27.3 Å². The van der Waals surface area contributed by atoms with Gasteiger partial charge in [-0.1, -0.05) is 0 Å². The van der Waals surface area contributed by atoms with Crippen LogP contribution in [0.25, 0.3) is 0 Å². The van der Waals surface area contributed by atoms with Crippen LogP contribution in [0.3, 0.4) is 0 Å². The number of carbonyl (C=O) groups excluding carboxylic acids is 2. The highest BCUT2D eigenvalue weighted by Crippen LogP contribution is 2.30. The number of hydrogen-bond donors (Lipinski definition) is 1. The van der Waals surface area contributed by atoms with Crippen LogP contribution in [0.4, 0.5) is 5.13 Å². The summed E-state index contributed by atoms with van der Waals surface area (Å²) in [6.45, 7) is 8.62. The number of aromatic nitrogens is 2. The van der Waals surface area contributed by atoms with Crippen LogP contribution < -0.4 is 5.32 Å². The number of amides is 1. The maximum Gasteiger partial charge on any atom is 0.274 e. The van der Waals surface area contributed by atoms with Gasteiger partial charge in [0.05, 0.1) is 11.8 Å². The Morgan fingerprint density at radius 1 is 1.48 bits per heavy atom. The van der Waals surface area contributed by atoms with E-state index in [1.54, 1.807) is 6.07 Å². The van der Waals surface area contributed by atoms with Crippen molar-refractivity contribution < 1.29 is 14.3 Å². The molecule has 1 fully saturated rings. The maximum atomic E-state index is 12.7. The molecular formula is C20H27N3O3S. The third-order valence-electron chi connectivity index (χ3n) is 4.74. The number of ketones is 1. The van der Waals surface area contributed by atoms with Crippen LogP contribution in [-0.2, 0) is 21.7 Å². The summed E-state index contributed by atoms with van der Waals surface area (Å²) in [5.41, 5.74) is 0.878. The number of anilines is 1. The fourth-order valence-electron chi connectivity index (χ4n) is 3.52. The Bertz CT molecular complexity index is 822. The summed E-state index contributed by atoms with van der Waals surface area (Å²) in [6, 6.07) is 3.66. The summed E-state index contributed by atoms with van der Waals surface area (Å²) in [5.74, 6) is 0.449. The highest BCUT2D eigenvalue weighted by atomic mass is 32.1. The summed E-state index contributed by atoms with van der Waals surface area (Å²) >= 11 is 1.39. The van der Waals surface area contributed by atoms with Crippen LogP contribution in [0.15, 0.2) is 23.7 Å². The number of carbonyl (C=O) groups is 2. The van der Waals surface area contributed by atoms with Gasteiger partial charge in [-0.2, -0.15) is 0 Å². The predicted octanol–water partition coefficient (Wildman–Crippen LogP) is 4.23. The third-order valence-corrected chi connectivity index (χ3v) is 5.49. The van der Waals surface area contributed by atoms with Crippen LogP contribution in [0, 0.1) is 5.92 Å². The normalized spacial score (nSPS) is 17.7. The molecule has 2 heterocycles. The van der Waals surface area contributed by atoms with Crippen molar-refractivity contribution >= 4 is 28.2 Å². The minimum atomic E-state index is -0.511. The van der Waals surface area contributed by atoms with E-state index in [4.69, 9.17) is 4.74 Å². The molecule has 1 aliphatic carbocycles. The first-order valence-corrected chi connectivity index (χ1v) is 10.2. The van der Waals surface area contributed by atoms with Crippen LogP contribution in [0.5, 0.6) is 0 Å². The summed E-state index contributed by atoms with van der Waals surface area (Å²) in [7, 11) is 0. The summed E-state index contributed by atoms with van der Waals surface area (Å²) < 4.78 is 7.85. The van der Waals surface area contributed by atoms with Crippen molar-refractivity contribution in [1.82, 2.24) is 9.55 Å². The molecule has 1 aliphatic rings. The molecule has 2 aromatic heterocycles. The van der Waals surface area contributed by atoms with Crippen molar-refractivity contribution in [3.8, 4) is 0 Å².